The Morgan fingerprint density at radius 2 is 2.20 bits per heavy atom. The van der Waals surface area contributed by atoms with Gasteiger partial charge in [0.1, 0.15) is 12.2 Å². The second-order valence-corrected chi connectivity index (χ2v) is 4.09. The molecule has 2 nitrogen and oxygen atoms in total. The fourth-order valence-corrected chi connectivity index (χ4v) is 1.67. The number of halogens is 1. The Morgan fingerprint density at radius 3 is 2.80 bits per heavy atom. The quantitative estimate of drug-likeness (QED) is 0.703. The van der Waals surface area contributed by atoms with Crippen molar-refractivity contribution < 1.29 is 4.39 Å². The molecule has 0 fully saturated rings. The van der Waals surface area contributed by atoms with Gasteiger partial charge in [-0.25, -0.2) is 14.4 Å². The van der Waals surface area contributed by atoms with Gasteiger partial charge in [0.15, 0.2) is 0 Å². The predicted molar refractivity (Wildman–Crippen MR) is 57.1 cm³/mol. The van der Waals surface area contributed by atoms with Crippen molar-refractivity contribution >= 4 is 0 Å². The molecule has 0 saturated heterocycles. The van der Waals surface area contributed by atoms with Gasteiger partial charge in [-0.3, -0.25) is 0 Å². The van der Waals surface area contributed by atoms with E-state index in [0.717, 1.165) is 11.4 Å². The third-order valence-corrected chi connectivity index (χ3v) is 2.72. The minimum Gasteiger partial charge on any atom is -0.242 e. The van der Waals surface area contributed by atoms with E-state index >= 15 is 0 Å². The van der Waals surface area contributed by atoms with Crippen LogP contribution in [0.5, 0.6) is 0 Å². The molecule has 15 heavy (non-hydrogen) atoms. The summed E-state index contributed by atoms with van der Waals surface area (Å²) in [5, 5.41) is 0. The summed E-state index contributed by atoms with van der Waals surface area (Å²) in [6.45, 7) is 3.98. The summed E-state index contributed by atoms with van der Waals surface area (Å²) in [5.41, 5.74) is 1.67. The molecule has 1 unspecified atom stereocenters. The van der Waals surface area contributed by atoms with Crippen molar-refractivity contribution in [2.45, 2.75) is 25.7 Å². The lowest BCUT2D eigenvalue weighted by molar-refractivity contribution is 0.547. The molecule has 1 atom stereocenters. The van der Waals surface area contributed by atoms with E-state index in [1.54, 1.807) is 12.4 Å². The molecule has 78 valence electrons. The first kappa shape index (κ1) is 10.0. The zero-order valence-corrected chi connectivity index (χ0v) is 8.87. The van der Waals surface area contributed by atoms with Crippen molar-refractivity contribution in [2.75, 3.05) is 0 Å². The molecule has 0 N–H and O–H groups in total. The lowest BCUT2D eigenvalue weighted by atomic mass is 9.80. The average Bonchev–Trinajstić information content (AvgIpc) is 2.23. The fraction of sp³-hybridized carbons (Fsp3) is 0.333. The Morgan fingerprint density at radius 1 is 1.40 bits per heavy atom. The van der Waals surface area contributed by atoms with Crippen LogP contribution in [0, 0.1) is 6.92 Å². The molecule has 0 radical (unpaired) electrons. The molecule has 1 aliphatic carbocycles. The second-order valence-electron chi connectivity index (χ2n) is 4.09. The van der Waals surface area contributed by atoms with Gasteiger partial charge in [-0.1, -0.05) is 13.0 Å². The molecule has 0 bridgehead atoms. The van der Waals surface area contributed by atoms with Gasteiger partial charge in [-0.05, 0) is 31.6 Å². The maximum absolute atomic E-state index is 12.9. The van der Waals surface area contributed by atoms with E-state index in [2.05, 4.69) is 9.97 Å². The van der Waals surface area contributed by atoms with Crippen LogP contribution in [-0.4, -0.2) is 9.97 Å². The number of hydrogen-bond acceptors (Lipinski definition) is 2. The zero-order valence-electron chi connectivity index (χ0n) is 8.87. The van der Waals surface area contributed by atoms with Crippen LogP contribution >= 0.6 is 0 Å². The van der Waals surface area contributed by atoms with Crippen LogP contribution in [0.15, 0.2) is 36.4 Å². The number of rotatable bonds is 1. The van der Waals surface area contributed by atoms with Crippen molar-refractivity contribution in [1.29, 1.82) is 0 Å². The summed E-state index contributed by atoms with van der Waals surface area (Å²) in [6.07, 6.45) is 7.16. The highest BCUT2D eigenvalue weighted by Gasteiger charge is 2.26. The van der Waals surface area contributed by atoms with E-state index in [-0.39, 0.29) is 11.2 Å². The monoisotopic (exact) mass is 204 g/mol. The van der Waals surface area contributed by atoms with E-state index in [4.69, 9.17) is 0 Å². The first-order valence-electron chi connectivity index (χ1n) is 4.94. The zero-order chi connectivity index (χ0) is 10.9. The van der Waals surface area contributed by atoms with E-state index in [9.17, 15) is 4.39 Å². The van der Waals surface area contributed by atoms with E-state index < -0.39 is 0 Å². The van der Waals surface area contributed by atoms with Crippen LogP contribution in [0.3, 0.4) is 0 Å². The third-order valence-electron chi connectivity index (χ3n) is 2.72. The minimum absolute atomic E-state index is 0.168. The number of hydrogen-bond donors (Lipinski definition) is 0. The summed E-state index contributed by atoms with van der Waals surface area (Å²) >= 11 is 0. The Bertz CT molecular complexity index is 437. The number of aromatic nitrogens is 2. The standard InChI is InChI=1S/C12H13FN2/c1-9-7-11(15-8-14-9)12(2)5-3-10(13)4-6-12/h3-5,7-8H,6H2,1-2H3. The van der Waals surface area contributed by atoms with Crippen molar-refractivity contribution in [2.24, 2.45) is 0 Å². The number of nitrogens with zero attached hydrogens (tertiary/aromatic N) is 2. The molecular weight excluding hydrogens is 191 g/mol. The number of allylic oxidation sites excluding steroid dienone is 4. The highest BCUT2D eigenvalue weighted by Crippen LogP contribution is 2.32. The average molecular weight is 204 g/mol. The molecule has 1 aromatic rings. The first-order chi connectivity index (χ1) is 7.10. The second kappa shape index (κ2) is 3.57. The maximum atomic E-state index is 12.9. The van der Waals surface area contributed by atoms with Gasteiger partial charge in [0.25, 0.3) is 0 Å². The van der Waals surface area contributed by atoms with Gasteiger partial charge >= 0.3 is 0 Å². The van der Waals surface area contributed by atoms with E-state index in [1.165, 1.54) is 6.08 Å². The molecule has 3 heteroatoms. The molecule has 0 spiro atoms. The molecule has 0 saturated carbocycles. The summed E-state index contributed by atoms with van der Waals surface area (Å²) < 4.78 is 12.9. The Labute approximate surface area is 88.6 Å². The van der Waals surface area contributed by atoms with Gasteiger partial charge in [0.05, 0.1) is 5.69 Å². The van der Waals surface area contributed by atoms with Crippen LogP contribution < -0.4 is 0 Å². The summed E-state index contributed by atoms with van der Waals surface area (Å²) in [6, 6.07) is 1.95. The highest BCUT2D eigenvalue weighted by atomic mass is 19.1. The van der Waals surface area contributed by atoms with Crippen molar-refractivity contribution in [3.63, 3.8) is 0 Å². The normalized spacial score (nSPS) is 25.1. The molecule has 1 heterocycles. The van der Waals surface area contributed by atoms with Crippen LogP contribution in [0.1, 0.15) is 24.7 Å². The van der Waals surface area contributed by atoms with E-state index in [1.807, 2.05) is 26.0 Å². The number of aryl methyl sites for hydroxylation is 1. The molecule has 2 rings (SSSR count). The summed E-state index contributed by atoms with van der Waals surface area (Å²) in [5.74, 6) is -0.168. The summed E-state index contributed by atoms with van der Waals surface area (Å²) in [4.78, 5) is 8.30. The highest BCUT2D eigenvalue weighted by molar-refractivity contribution is 5.32. The van der Waals surface area contributed by atoms with Gasteiger partial charge in [0.2, 0.25) is 0 Å². The SMILES string of the molecule is Cc1cc(C2(C)C=CC(F)=CC2)ncn1. The largest absolute Gasteiger partial charge is 0.242 e. The van der Waals surface area contributed by atoms with Crippen LogP contribution in [0.2, 0.25) is 0 Å². The molecular formula is C12H13FN2. The summed E-state index contributed by atoms with van der Waals surface area (Å²) in [7, 11) is 0. The molecule has 1 aromatic heterocycles. The smallest absolute Gasteiger partial charge is 0.118 e. The molecule has 0 aliphatic heterocycles. The van der Waals surface area contributed by atoms with Gasteiger partial charge in [0, 0.05) is 11.1 Å². The minimum atomic E-state index is -0.205. The fourth-order valence-electron chi connectivity index (χ4n) is 1.67. The Balaban J connectivity index is 2.36. The van der Waals surface area contributed by atoms with Gasteiger partial charge in [-0.15, -0.1) is 0 Å². The molecule has 0 aromatic carbocycles. The lowest BCUT2D eigenvalue weighted by Gasteiger charge is -2.26. The third kappa shape index (κ3) is 1.96. The van der Waals surface area contributed by atoms with Gasteiger partial charge < -0.3 is 0 Å². The predicted octanol–water partition coefficient (Wildman–Crippen LogP) is 2.86. The van der Waals surface area contributed by atoms with Crippen LogP contribution in [0.25, 0.3) is 0 Å². The van der Waals surface area contributed by atoms with Gasteiger partial charge in [-0.2, -0.15) is 0 Å². The van der Waals surface area contributed by atoms with E-state index in [0.29, 0.717) is 6.42 Å². The molecule has 0 amide bonds. The van der Waals surface area contributed by atoms with Crippen LogP contribution in [-0.2, 0) is 5.41 Å². The topological polar surface area (TPSA) is 25.8 Å². The van der Waals surface area contributed by atoms with Crippen molar-refractivity contribution in [3.05, 3.63) is 47.8 Å². The Hall–Kier alpha value is -1.51. The first-order valence-corrected chi connectivity index (χ1v) is 4.94. The molecule has 1 aliphatic rings. The Kier molecular flexibility index (Phi) is 2.39. The van der Waals surface area contributed by atoms with Crippen LogP contribution in [0.4, 0.5) is 4.39 Å². The maximum Gasteiger partial charge on any atom is 0.118 e. The lowest BCUT2D eigenvalue weighted by Crippen LogP contribution is -2.21. The van der Waals surface area contributed by atoms with Crippen molar-refractivity contribution in [3.8, 4) is 0 Å². The van der Waals surface area contributed by atoms with Crippen molar-refractivity contribution in [1.82, 2.24) is 9.97 Å².